The summed E-state index contributed by atoms with van der Waals surface area (Å²) in [6.45, 7) is 0. The van der Waals surface area contributed by atoms with Crippen molar-refractivity contribution >= 4 is 49.1 Å². The van der Waals surface area contributed by atoms with Gasteiger partial charge in [-0.05, 0) is 53.0 Å². The van der Waals surface area contributed by atoms with Gasteiger partial charge in [-0.3, -0.25) is 4.79 Å². The van der Waals surface area contributed by atoms with Crippen LogP contribution < -0.4 is 10.0 Å². The quantitative estimate of drug-likeness (QED) is 0.713. The average molecular weight is 431 g/mol. The van der Waals surface area contributed by atoms with Gasteiger partial charge >= 0.3 is 0 Å². The number of amides is 1. The van der Waals surface area contributed by atoms with Crippen LogP contribution in [0.2, 0.25) is 5.15 Å². The molecule has 1 heterocycles. The van der Waals surface area contributed by atoms with E-state index in [9.17, 15) is 13.2 Å². The summed E-state index contributed by atoms with van der Waals surface area (Å²) in [6.07, 6.45) is 3.18. The highest BCUT2D eigenvalue weighted by molar-refractivity contribution is 9.10. The predicted molar refractivity (Wildman–Crippen MR) is 94.7 cm³/mol. The Balaban J connectivity index is 1.81. The topological polar surface area (TPSA) is 88.2 Å². The van der Waals surface area contributed by atoms with Gasteiger partial charge in [0.2, 0.25) is 10.0 Å². The second-order valence-corrected chi connectivity index (χ2v) is 8.36. The Bertz CT molecular complexity index is 901. The molecule has 0 spiro atoms. The molecule has 24 heavy (non-hydrogen) atoms. The fraction of sp³-hybridized carbons (Fsp3) is 0.200. The molecule has 0 radical (unpaired) electrons. The molecule has 0 bridgehead atoms. The molecule has 0 aliphatic heterocycles. The predicted octanol–water partition coefficient (Wildman–Crippen LogP) is 3.19. The minimum Gasteiger partial charge on any atom is -0.322 e. The van der Waals surface area contributed by atoms with Crippen molar-refractivity contribution in [3.63, 3.8) is 0 Å². The highest BCUT2D eigenvalue weighted by Gasteiger charge is 2.28. The largest absolute Gasteiger partial charge is 0.322 e. The summed E-state index contributed by atoms with van der Waals surface area (Å²) in [5, 5.41) is 2.70. The van der Waals surface area contributed by atoms with Gasteiger partial charge in [0.05, 0.1) is 10.5 Å². The fourth-order valence-corrected chi connectivity index (χ4v) is 3.88. The van der Waals surface area contributed by atoms with Crippen LogP contribution in [0.15, 0.2) is 45.9 Å². The summed E-state index contributed by atoms with van der Waals surface area (Å²) in [6, 6.07) is 7.61. The van der Waals surface area contributed by atoms with Gasteiger partial charge in [0.1, 0.15) is 5.15 Å². The molecule has 2 aromatic rings. The van der Waals surface area contributed by atoms with Crippen molar-refractivity contribution in [1.82, 2.24) is 9.71 Å². The third-order valence-corrected chi connectivity index (χ3v) is 5.60. The van der Waals surface area contributed by atoms with Crippen LogP contribution in [0.3, 0.4) is 0 Å². The van der Waals surface area contributed by atoms with Crippen LogP contribution in [0, 0.1) is 0 Å². The molecule has 0 atom stereocenters. The molecule has 0 saturated heterocycles. The fourth-order valence-electron chi connectivity index (χ4n) is 2.01. The van der Waals surface area contributed by atoms with Crippen LogP contribution in [0.1, 0.15) is 23.2 Å². The van der Waals surface area contributed by atoms with Crippen molar-refractivity contribution in [2.24, 2.45) is 0 Å². The third kappa shape index (κ3) is 4.13. The Kier molecular flexibility index (Phi) is 4.91. The second kappa shape index (κ2) is 6.79. The number of pyridine rings is 1. The van der Waals surface area contributed by atoms with Crippen LogP contribution in [0.5, 0.6) is 0 Å². The van der Waals surface area contributed by atoms with E-state index in [1.165, 1.54) is 18.3 Å². The first-order valence-corrected chi connectivity index (χ1v) is 9.75. The zero-order valence-electron chi connectivity index (χ0n) is 12.3. The number of halogens is 2. The Labute approximate surface area is 152 Å². The monoisotopic (exact) mass is 429 g/mol. The number of benzene rings is 1. The molecule has 1 amide bonds. The molecular formula is C15H13BrClN3O3S. The zero-order chi connectivity index (χ0) is 17.3. The van der Waals surface area contributed by atoms with Gasteiger partial charge in [-0.1, -0.05) is 17.7 Å². The summed E-state index contributed by atoms with van der Waals surface area (Å²) in [5.41, 5.74) is 0.546. The maximum absolute atomic E-state index is 12.3. The second-order valence-electron chi connectivity index (χ2n) is 5.37. The molecule has 3 rings (SSSR count). The lowest BCUT2D eigenvalue weighted by atomic mass is 10.2. The minimum absolute atomic E-state index is 0.0137. The molecular weight excluding hydrogens is 418 g/mol. The first-order valence-electron chi connectivity index (χ1n) is 7.10. The minimum atomic E-state index is -3.58. The lowest BCUT2D eigenvalue weighted by Crippen LogP contribution is -2.25. The first kappa shape index (κ1) is 17.3. The van der Waals surface area contributed by atoms with Crippen molar-refractivity contribution in [3.05, 3.63) is 51.7 Å². The molecule has 6 nitrogen and oxygen atoms in total. The molecule has 2 N–H and O–H groups in total. The van der Waals surface area contributed by atoms with Crippen molar-refractivity contribution in [1.29, 1.82) is 0 Å². The van der Waals surface area contributed by atoms with E-state index in [4.69, 9.17) is 11.6 Å². The Morgan fingerprint density at radius 2 is 2.04 bits per heavy atom. The van der Waals surface area contributed by atoms with Crippen LogP contribution in [0.4, 0.5) is 5.69 Å². The standard InChI is InChI=1S/C15H13BrClN3O3S/c16-9-6-13(14(17)18-8-9)15(21)19-11-2-1-3-12(7-11)24(22,23)20-10-4-5-10/h1-3,6-8,10,20H,4-5H2,(H,19,21). The number of nitrogens with one attached hydrogen (secondary N) is 2. The first-order chi connectivity index (χ1) is 11.3. The zero-order valence-corrected chi connectivity index (χ0v) is 15.5. The Morgan fingerprint density at radius 3 is 2.75 bits per heavy atom. The molecule has 1 aliphatic rings. The number of sulfonamides is 1. The number of nitrogens with zero attached hydrogens (tertiary/aromatic N) is 1. The summed E-state index contributed by atoms with van der Waals surface area (Å²) < 4.78 is 27.7. The van der Waals surface area contributed by atoms with E-state index < -0.39 is 15.9 Å². The van der Waals surface area contributed by atoms with Gasteiger partial charge in [0, 0.05) is 22.4 Å². The summed E-state index contributed by atoms with van der Waals surface area (Å²) >= 11 is 9.15. The molecule has 126 valence electrons. The maximum atomic E-state index is 12.3. The van der Waals surface area contributed by atoms with Crippen molar-refractivity contribution in [2.75, 3.05) is 5.32 Å². The highest BCUT2D eigenvalue weighted by atomic mass is 79.9. The van der Waals surface area contributed by atoms with Gasteiger partial charge in [0.15, 0.2) is 0 Å². The van der Waals surface area contributed by atoms with E-state index in [-0.39, 0.29) is 21.7 Å². The van der Waals surface area contributed by atoms with E-state index in [2.05, 4.69) is 31.0 Å². The SMILES string of the molecule is O=C(Nc1cccc(S(=O)(=O)NC2CC2)c1)c1cc(Br)cnc1Cl. The number of hydrogen-bond donors (Lipinski definition) is 2. The van der Waals surface area contributed by atoms with Gasteiger partial charge in [-0.25, -0.2) is 18.1 Å². The van der Waals surface area contributed by atoms with Crippen LogP contribution in [-0.4, -0.2) is 25.4 Å². The van der Waals surface area contributed by atoms with Gasteiger partial charge in [0.25, 0.3) is 5.91 Å². The van der Waals surface area contributed by atoms with Crippen molar-refractivity contribution in [3.8, 4) is 0 Å². The Hall–Kier alpha value is -1.48. The highest BCUT2D eigenvalue weighted by Crippen LogP contribution is 2.24. The lowest BCUT2D eigenvalue weighted by molar-refractivity contribution is 0.102. The molecule has 9 heteroatoms. The smallest absolute Gasteiger partial charge is 0.258 e. The number of carbonyl (C=O) groups excluding carboxylic acids is 1. The van der Waals surface area contributed by atoms with Crippen LogP contribution >= 0.6 is 27.5 Å². The molecule has 1 aromatic heterocycles. The van der Waals surface area contributed by atoms with Gasteiger partial charge in [-0.2, -0.15) is 0 Å². The third-order valence-electron chi connectivity index (χ3n) is 3.35. The van der Waals surface area contributed by atoms with Crippen LogP contribution in [-0.2, 0) is 10.0 Å². The normalized spacial score (nSPS) is 14.4. The molecule has 1 aliphatic carbocycles. The van der Waals surface area contributed by atoms with Crippen LogP contribution in [0.25, 0.3) is 0 Å². The van der Waals surface area contributed by atoms with Crippen molar-refractivity contribution in [2.45, 2.75) is 23.8 Å². The van der Waals surface area contributed by atoms with Gasteiger partial charge < -0.3 is 5.32 Å². The molecule has 1 fully saturated rings. The maximum Gasteiger partial charge on any atom is 0.258 e. The van der Waals surface area contributed by atoms with Gasteiger partial charge in [-0.15, -0.1) is 0 Å². The van der Waals surface area contributed by atoms with Crippen molar-refractivity contribution < 1.29 is 13.2 Å². The number of hydrogen-bond acceptors (Lipinski definition) is 4. The molecule has 1 aromatic carbocycles. The number of carbonyl (C=O) groups is 1. The van der Waals surface area contributed by atoms with E-state index in [0.29, 0.717) is 10.2 Å². The summed E-state index contributed by atoms with van der Waals surface area (Å²) in [4.78, 5) is 16.3. The summed E-state index contributed by atoms with van der Waals surface area (Å²) in [5.74, 6) is -0.474. The van der Waals surface area contributed by atoms with E-state index >= 15 is 0 Å². The molecule has 0 unspecified atom stereocenters. The lowest BCUT2D eigenvalue weighted by Gasteiger charge is -2.09. The Morgan fingerprint density at radius 1 is 1.29 bits per heavy atom. The van der Waals surface area contributed by atoms with E-state index in [1.54, 1.807) is 18.2 Å². The van der Waals surface area contributed by atoms with E-state index in [1.807, 2.05) is 0 Å². The van der Waals surface area contributed by atoms with E-state index in [0.717, 1.165) is 12.8 Å². The number of aromatic nitrogens is 1. The molecule has 1 saturated carbocycles. The number of rotatable bonds is 5. The average Bonchev–Trinajstić information content (AvgIpc) is 3.33. The summed E-state index contributed by atoms with van der Waals surface area (Å²) in [7, 11) is -3.58. The number of anilines is 1.